The van der Waals surface area contributed by atoms with E-state index >= 15 is 0 Å². The highest BCUT2D eigenvalue weighted by Crippen LogP contribution is 2.34. The number of nitrogens with one attached hydrogen (secondary N) is 1. The van der Waals surface area contributed by atoms with Crippen LogP contribution in [-0.4, -0.2) is 17.4 Å². The molecule has 0 bridgehead atoms. The van der Waals surface area contributed by atoms with E-state index in [0.717, 1.165) is 6.54 Å². The number of pyridine rings is 1. The van der Waals surface area contributed by atoms with E-state index in [0.29, 0.717) is 10.7 Å². The summed E-state index contributed by atoms with van der Waals surface area (Å²) in [4.78, 5) is 15.9. The fourth-order valence-electron chi connectivity index (χ4n) is 2.49. The second-order valence-electron chi connectivity index (χ2n) is 5.42. The van der Waals surface area contributed by atoms with Crippen molar-refractivity contribution in [3.8, 4) is 0 Å². The molecule has 1 aromatic rings. The number of hydrogen-bond donors (Lipinski definition) is 1. The van der Waals surface area contributed by atoms with Gasteiger partial charge < -0.3 is 5.32 Å². The van der Waals surface area contributed by atoms with Crippen LogP contribution < -0.4 is 5.32 Å². The molecule has 0 aliphatic heterocycles. The van der Waals surface area contributed by atoms with Gasteiger partial charge in [0.2, 0.25) is 0 Å². The van der Waals surface area contributed by atoms with Crippen molar-refractivity contribution in [2.24, 2.45) is 5.41 Å². The summed E-state index contributed by atoms with van der Waals surface area (Å²) in [7, 11) is 0. The van der Waals surface area contributed by atoms with Crippen LogP contribution in [0.15, 0.2) is 18.3 Å². The van der Waals surface area contributed by atoms with Crippen molar-refractivity contribution in [2.45, 2.75) is 39.0 Å². The first-order valence-electron chi connectivity index (χ1n) is 6.49. The van der Waals surface area contributed by atoms with Gasteiger partial charge in [-0.25, -0.2) is 4.98 Å². The molecule has 4 heteroatoms. The molecular formula is C14H19ClN2O. The zero-order valence-corrected chi connectivity index (χ0v) is 11.5. The molecule has 2 rings (SSSR count). The van der Waals surface area contributed by atoms with Crippen LogP contribution in [0.5, 0.6) is 0 Å². The lowest BCUT2D eigenvalue weighted by atomic mass is 9.76. The molecule has 1 saturated carbocycles. The number of amides is 1. The van der Waals surface area contributed by atoms with Crippen LogP contribution in [0.25, 0.3) is 0 Å². The predicted molar refractivity (Wildman–Crippen MR) is 72.8 cm³/mol. The number of halogens is 1. The van der Waals surface area contributed by atoms with Gasteiger partial charge in [-0.15, -0.1) is 0 Å². The molecule has 1 aromatic heterocycles. The Morgan fingerprint density at radius 3 is 2.72 bits per heavy atom. The first-order valence-corrected chi connectivity index (χ1v) is 6.87. The lowest BCUT2D eigenvalue weighted by Gasteiger charge is -2.33. The fourth-order valence-corrected chi connectivity index (χ4v) is 2.60. The average molecular weight is 267 g/mol. The van der Waals surface area contributed by atoms with Gasteiger partial charge in [0.15, 0.2) is 0 Å². The van der Waals surface area contributed by atoms with E-state index in [1.165, 1.54) is 38.3 Å². The Kier molecular flexibility index (Phi) is 4.23. The molecule has 98 valence electrons. The number of aromatic nitrogens is 1. The first-order chi connectivity index (χ1) is 8.59. The van der Waals surface area contributed by atoms with Crippen LogP contribution >= 0.6 is 11.6 Å². The molecule has 1 heterocycles. The van der Waals surface area contributed by atoms with Gasteiger partial charge in [-0.3, -0.25) is 4.79 Å². The fraction of sp³-hybridized carbons (Fsp3) is 0.571. The maximum atomic E-state index is 11.9. The third kappa shape index (κ3) is 3.45. The van der Waals surface area contributed by atoms with Crippen LogP contribution in [-0.2, 0) is 0 Å². The zero-order valence-electron chi connectivity index (χ0n) is 10.7. The molecular weight excluding hydrogens is 248 g/mol. The highest BCUT2D eigenvalue weighted by atomic mass is 35.5. The van der Waals surface area contributed by atoms with Crippen LogP contribution in [0.2, 0.25) is 5.15 Å². The summed E-state index contributed by atoms with van der Waals surface area (Å²) in [5, 5.41) is 3.41. The van der Waals surface area contributed by atoms with Crippen molar-refractivity contribution in [2.75, 3.05) is 6.54 Å². The van der Waals surface area contributed by atoms with E-state index in [-0.39, 0.29) is 11.3 Å². The van der Waals surface area contributed by atoms with Gasteiger partial charge in [0.05, 0.1) is 5.56 Å². The molecule has 1 aliphatic carbocycles. The summed E-state index contributed by atoms with van der Waals surface area (Å²) in [5.41, 5.74) is 0.826. The Bertz CT molecular complexity index is 410. The maximum absolute atomic E-state index is 11.9. The predicted octanol–water partition coefficient (Wildman–Crippen LogP) is 3.44. The van der Waals surface area contributed by atoms with Crippen molar-refractivity contribution >= 4 is 17.5 Å². The summed E-state index contributed by atoms with van der Waals surface area (Å²) in [6.07, 6.45) is 7.79. The van der Waals surface area contributed by atoms with Crippen LogP contribution in [0, 0.1) is 5.41 Å². The van der Waals surface area contributed by atoms with Gasteiger partial charge in [0.25, 0.3) is 5.91 Å². The Balaban J connectivity index is 1.89. The van der Waals surface area contributed by atoms with Gasteiger partial charge >= 0.3 is 0 Å². The van der Waals surface area contributed by atoms with Gasteiger partial charge in [0, 0.05) is 12.7 Å². The minimum Gasteiger partial charge on any atom is -0.351 e. The second kappa shape index (κ2) is 5.70. The average Bonchev–Trinajstić information content (AvgIpc) is 2.38. The van der Waals surface area contributed by atoms with E-state index in [2.05, 4.69) is 17.2 Å². The lowest BCUT2D eigenvalue weighted by molar-refractivity contribution is 0.0919. The summed E-state index contributed by atoms with van der Waals surface area (Å²) in [6.45, 7) is 3.00. The Labute approximate surface area is 113 Å². The highest BCUT2D eigenvalue weighted by Gasteiger charge is 2.27. The zero-order chi connectivity index (χ0) is 13.0. The minimum atomic E-state index is -0.0639. The third-order valence-corrected chi connectivity index (χ3v) is 3.95. The van der Waals surface area contributed by atoms with E-state index in [1.807, 2.05) is 0 Å². The first kappa shape index (κ1) is 13.3. The monoisotopic (exact) mass is 266 g/mol. The SMILES string of the molecule is CC1(CNC(=O)c2ccc(Cl)nc2)CCCCC1. The van der Waals surface area contributed by atoms with Crippen LogP contribution in [0.3, 0.4) is 0 Å². The van der Waals surface area contributed by atoms with Crippen molar-refractivity contribution in [3.05, 3.63) is 29.0 Å². The topological polar surface area (TPSA) is 42.0 Å². The summed E-state index contributed by atoms with van der Waals surface area (Å²) in [5.74, 6) is -0.0639. The summed E-state index contributed by atoms with van der Waals surface area (Å²) >= 11 is 5.69. The van der Waals surface area contributed by atoms with E-state index in [4.69, 9.17) is 11.6 Å². The quantitative estimate of drug-likeness (QED) is 0.852. The molecule has 3 nitrogen and oxygen atoms in total. The van der Waals surface area contributed by atoms with Crippen molar-refractivity contribution in [3.63, 3.8) is 0 Å². The molecule has 1 amide bonds. The number of carbonyl (C=O) groups is 1. The highest BCUT2D eigenvalue weighted by molar-refractivity contribution is 6.29. The number of nitrogens with zero attached hydrogens (tertiary/aromatic N) is 1. The molecule has 1 N–H and O–H groups in total. The van der Waals surface area contributed by atoms with Gasteiger partial charge in [0.1, 0.15) is 5.15 Å². The van der Waals surface area contributed by atoms with E-state index in [9.17, 15) is 4.79 Å². The summed E-state index contributed by atoms with van der Waals surface area (Å²) in [6, 6.07) is 3.34. The largest absolute Gasteiger partial charge is 0.351 e. The van der Waals surface area contributed by atoms with Crippen LogP contribution in [0.1, 0.15) is 49.4 Å². The number of hydrogen-bond acceptors (Lipinski definition) is 2. The molecule has 1 aliphatic rings. The Morgan fingerprint density at radius 1 is 1.39 bits per heavy atom. The normalized spacial score (nSPS) is 18.3. The molecule has 0 saturated heterocycles. The molecule has 0 atom stereocenters. The molecule has 0 unspecified atom stereocenters. The van der Waals surface area contributed by atoms with Gasteiger partial charge in [-0.05, 0) is 30.4 Å². The Morgan fingerprint density at radius 2 is 2.11 bits per heavy atom. The van der Waals surface area contributed by atoms with Crippen LogP contribution in [0.4, 0.5) is 0 Å². The number of rotatable bonds is 3. The van der Waals surface area contributed by atoms with Gasteiger partial charge in [-0.1, -0.05) is 37.8 Å². The second-order valence-corrected chi connectivity index (χ2v) is 5.81. The molecule has 18 heavy (non-hydrogen) atoms. The van der Waals surface area contributed by atoms with E-state index in [1.54, 1.807) is 12.1 Å². The maximum Gasteiger partial charge on any atom is 0.252 e. The molecule has 1 fully saturated rings. The standard InChI is InChI=1S/C14H19ClN2O/c1-14(7-3-2-4-8-14)10-17-13(18)11-5-6-12(15)16-9-11/h5-6,9H,2-4,7-8,10H2,1H3,(H,17,18). The van der Waals surface area contributed by atoms with Crippen molar-refractivity contribution < 1.29 is 4.79 Å². The lowest BCUT2D eigenvalue weighted by Crippen LogP contribution is -2.37. The third-order valence-electron chi connectivity index (χ3n) is 3.73. The van der Waals surface area contributed by atoms with Crippen molar-refractivity contribution in [1.82, 2.24) is 10.3 Å². The molecule has 0 aromatic carbocycles. The Hall–Kier alpha value is -1.09. The minimum absolute atomic E-state index is 0.0639. The summed E-state index contributed by atoms with van der Waals surface area (Å²) < 4.78 is 0. The molecule has 0 spiro atoms. The van der Waals surface area contributed by atoms with Gasteiger partial charge in [-0.2, -0.15) is 0 Å². The van der Waals surface area contributed by atoms with E-state index < -0.39 is 0 Å². The van der Waals surface area contributed by atoms with Crippen molar-refractivity contribution in [1.29, 1.82) is 0 Å². The number of carbonyl (C=O) groups excluding carboxylic acids is 1. The molecule has 0 radical (unpaired) electrons. The smallest absolute Gasteiger partial charge is 0.252 e.